The van der Waals surface area contributed by atoms with Crippen LogP contribution in [-0.2, 0) is 4.57 Å². The molecule has 0 unspecified atom stereocenters. The number of hydrogen-bond acceptors (Lipinski definition) is 2. The van der Waals surface area contributed by atoms with Crippen molar-refractivity contribution in [1.82, 2.24) is 4.98 Å². The molecule has 3 heteroatoms. The third-order valence-corrected chi connectivity index (χ3v) is 4.21. The zero-order valence-electron chi connectivity index (χ0n) is 10.3. The molecule has 0 atom stereocenters. The highest BCUT2D eigenvalue weighted by atomic mass is 31.2. The minimum Gasteiger partial charge on any atom is -0.319 e. The smallest absolute Gasteiger partial charge is 0.109 e. The van der Waals surface area contributed by atoms with Crippen LogP contribution < -0.4 is 5.30 Å². The molecule has 0 aliphatic carbocycles. The van der Waals surface area contributed by atoms with E-state index in [1.165, 1.54) is 0 Å². The van der Waals surface area contributed by atoms with Crippen LogP contribution in [0.2, 0.25) is 0 Å². The highest BCUT2D eigenvalue weighted by molar-refractivity contribution is 7.70. The second-order valence-electron chi connectivity index (χ2n) is 4.56. The largest absolute Gasteiger partial charge is 0.319 e. The Bertz CT molecular complexity index is 569. The molecule has 1 aromatic carbocycles. The van der Waals surface area contributed by atoms with Crippen LogP contribution in [0.15, 0.2) is 42.5 Å². The van der Waals surface area contributed by atoms with Gasteiger partial charge in [0.25, 0.3) is 0 Å². The van der Waals surface area contributed by atoms with Crippen LogP contribution >= 0.6 is 7.14 Å². The fourth-order valence-electron chi connectivity index (χ4n) is 1.70. The molecule has 0 aliphatic rings. The molecule has 0 saturated heterocycles. The monoisotopic (exact) mass is 245 g/mol. The van der Waals surface area contributed by atoms with Crippen LogP contribution in [-0.4, -0.2) is 18.3 Å². The second-order valence-corrected chi connectivity index (χ2v) is 7.78. The van der Waals surface area contributed by atoms with Crippen LogP contribution in [0.5, 0.6) is 0 Å². The van der Waals surface area contributed by atoms with Crippen molar-refractivity contribution in [2.75, 3.05) is 13.3 Å². The molecule has 0 saturated carbocycles. The predicted molar refractivity (Wildman–Crippen MR) is 73.5 cm³/mol. The third-order valence-electron chi connectivity index (χ3n) is 2.67. The minimum atomic E-state index is -2.16. The molecule has 0 amide bonds. The van der Waals surface area contributed by atoms with Crippen LogP contribution in [0.3, 0.4) is 0 Å². The van der Waals surface area contributed by atoms with E-state index in [9.17, 15) is 4.57 Å². The molecule has 2 nitrogen and oxygen atoms in total. The van der Waals surface area contributed by atoms with Crippen LogP contribution in [0, 0.1) is 6.92 Å². The van der Waals surface area contributed by atoms with Crippen LogP contribution in [0.25, 0.3) is 11.3 Å². The van der Waals surface area contributed by atoms with Gasteiger partial charge < -0.3 is 4.57 Å². The molecule has 1 heterocycles. The number of hydrogen-bond donors (Lipinski definition) is 0. The van der Waals surface area contributed by atoms with E-state index in [1.807, 2.05) is 49.4 Å². The van der Waals surface area contributed by atoms with E-state index < -0.39 is 7.14 Å². The zero-order valence-corrected chi connectivity index (χ0v) is 11.2. The number of nitrogens with zero attached hydrogens (tertiary/aromatic N) is 1. The molecule has 88 valence electrons. The van der Waals surface area contributed by atoms with Gasteiger partial charge in [-0.1, -0.05) is 30.3 Å². The number of benzene rings is 1. The maximum Gasteiger partial charge on any atom is 0.109 e. The van der Waals surface area contributed by atoms with Gasteiger partial charge in [-0.15, -0.1) is 0 Å². The summed E-state index contributed by atoms with van der Waals surface area (Å²) in [4.78, 5) is 4.47. The van der Waals surface area contributed by atoms with E-state index in [0.717, 1.165) is 22.3 Å². The first kappa shape index (κ1) is 12.1. The lowest BCUT2D eigenvalue weighted by Gasteiger charge is -2.08. The fourth-order valence-corrected chi connectivity index (χ4v) is 2.56. The first-order valence-corrected chi connectivity index (χ1v) is 8.16. The summed E-state index contributed by atoms with van der Waals surface area (Å²) < 4.78 is 11.9. The topological polar surface area (TPSA) is 30.0 Å². The SMILES string of the molecule is Cc1cccc(-c2ccc(P(C)(C)=O)cc2)n1. The molecular formula is C14H16NOP. The van der Waals surface area contributed by atoms with Crippen molar-refractivity contribution in [1.29, 1.82) is 0 Å². The van der Waals surface area contributed by atoms with Gasteiger partial charge in [0.1, 0.15) is 7.14 Å². The average Bonchev–Trinajstić information content (AvgIpc) is 2.28. The quantitative estimate of drug-likeness (QED) is 0.760. The van der Waals surface area contributed by atoms with Gasteiger partial charge in [0, 0.05) is 16.6 Å². The number of aryl methyl sites for hydroxylation is 1. The van der Waals surface area contributed by atoms with Gasteiger partial charge in [-0.05, 0) is 32.4 Å². The van der Waals surface area contributed by atoms with E-state index in [1.54, 1.807) is 13.3 Å². The molecule has 0 bridgehead atoms. The predicted octanol–water partition coefficient (Wildman–Crippen LogP) is 3.31. The van der Waals surface area contributed by atoms with Gasteiger partial charge in [-0.2, -0.15) is 0 Å². The maximum absolute atomic E-state index is 11.9. The van der Waals surface area contributed by atoms with Gasteiger partial charge in [0.2, 0.25) is 0 Å². The third kappa shape index (κ3) is 2.83. The molecule has 2 rings (SSSR count). The summed E-state index contributed by atoms with van der Waals surface area (Å²) in [6.45, 7) is 5.55. The standard InChI is InChI=1S/C14H16NOP/c1-11-5-4-6-14(15-11)12-7-9-13(10-8-12)17(2,3)16/h4-10H,1-3H3. The Morgan fingerprint density at radius 2 is 1.65 bits per heavy atom. The summed E-state index contributed by atoms with van der Waals surface area (Å²) in [5.41, 5.74) is 3.02. The Labute approximate surface area is 102 Å². The van der Waals surface area contributed by atoms with E-state index >= 15 is 0 Å². The van der Waals surface area contributed by atoms with Crippen molar-refractivity contribution in [3.8, 4) is 11.3 Å². The highest BCUT2D eigenvalue weighted by Crippen LogP contribution is 2.34. The molecule has 0 N–H and O–H groups in total. The van der Waals surface area contributed by atoms with Crippen molar-refractivity contribution in [3.63, 3.8) is 0 Å². The summed E-state index contributed by atoms with van der Waals surface area (Å²) in [6, 6.07) is 13.8. The number of pyridine rings is 1. The Balaban J connectivity index is 2.39. The lowest BCUT2D eigenvalue weighted by atomic mass is 10.1. The normalized spacial score (nSPS) is 11.5. The lowest BCUT2D eigenvalue weighted by Crippen LogP contribution is -2.01. The fraction of sp³-hybridized carbons (Fsp3) is 0.214. The van der Waals surface area contributed by atoms with Crippen molar-refractivity contribution in [2.24, 2.45) is 0 Å². The van der Waals surface area contributed by atoms with Crippen molar-refractivity contribution in [2.45, 2.75) is 6.92 Å². The Hall–Kier alpha value is -1.40. The zero-order chi connectivity index (χ0) is 12.5. The van der Waals surface area contributed by atoms with E-state index in [-0.39, 0.29) is 0 Å². The van der Waals surface area contributed by atoms with Gasteiger partial charge >= 0.3 is 0 Å². The first-order chi connectivity index (χ1) is 7.97. The van der Waals surface area contributed by atoms with Gasteiger partial charge in [-0.25, -0.2) is 0 Å². The van der Waals surface area contributed by atoms with Crippen LogP contribution in [0.1, 0.15) is 5.69 Å². The average molecular weight is 245 g/mol. The number of rotatable bonds is 2. The summed E-state index contributed by atoms with van der Waals surface area (Å²) in [5.74, 6) is 0. The van der Waals surface area contributed by atoms with Crippen molar-refractivity contribution in [3.05, 3.63) is 48.2 Å². The Morgan fingerprint density at radius 3 is 2.18 bits per heavy atom. The summed E-state index contributed by atoms with van der Waals surface area (Å²) >= 11 is 0. The molecule has 1 aromatic heterocycles. The molecule has 17 heavy (non-hydrogen) atoms. The maximum atomic E-state index is 11.9. The van der Waals surface area contributed by atoms with Gasteiger partial charge in [0.05, 0.1) is 5.69 Å². The van der Waals surface area contributed by atoms with Crippen LogP contribution in [0.4, 0.5) is 0 Å². The molecule has 0 fully saturated rings. The molecule has 0 aliphatic heterocycles. The summed E-state index contributed by atoms with van der Waals surface area (Å²) in [7, 11) is -2.16. The Morgan fingerprint density at radius 1 is 1.00 bits per heavy atom. The van der Waals surface area contributed by atoms with E-state index in [0.29, 0.717) is 0 Å². The van der Waals surface area contributed by atoms with Gasteiger partial charge in [-0.3, -0.25) is 4.98 Å². The van der Waals surface area contributed by atoms with E-state index in [4.69, 9.17) is 0 Å². The van der Waals surface area contributed by atoms with E-state index in [2.05, 4.69) is 4.98 Å². The summed E-state index contributed by atoms with van der Waals surface area (Å²) in [6.07, 6.45) is 0. The minimum absolute atomic E-state index is 0.911. The molecule has 0 radical (unpaired) electrons. The first-order valence-electron chi connectivity index (χ1n) is 5.56. The molecule has 0 spiro atoms. The summed E-state index contributed by atoms with van der Waals surface area (Å²) in [5, 5.41) is 0.911. The lowest BCUT2D eigenvalue weighted by molar-refractivity contribution is 0.588. The van der Waals surface area contributed by atoms with Crippen molar-refractivity contribution >= 4 is 12.4 Å². The number of aromatic nitrogens is 1. The second kappa shape index (κ2) is 4.46. The molecule has 2 aromatic rings. The van der Waals surface area contributed by atoms with Gasteiger partial charge in [0.15, 0.2) is 0 Å². The highest BCUT2D eigenvalue weighted by Gasteiger charge is 2.10. The van der Waals surface area contributed by atoms with Crippen molar-refractivity contribution < 1.29 is 4.57 Å². The Kier molecular flexibility index (Phi) is 3.17. The molecular weight excluding hydrogens is 229 g/mol.